The van der Waals surface area contributed by atoms with Crippen molar-refractivity contribution in [3.63, 3.8) is 0 Å². The molecule has 0 amide bonds. The van der Waals surface area contributed by atoms with Crippen molar-refractivity contribution in [2.45, 2.75) is 52.2 Å². The summed E-state index contributed by atoms with van der Waals surface area (Å²) in [6.45, 7) is 8.55. The quantitative estimate of drug-likeness (QED) is 0.688. The summed E-state index contributed by atoms with van der Waals surface area (Å²) in [5.41, 5.74) is 3.70. The van der Waals surface area contributed by atoms with Gasteiger partial charge in [0.1, 0.15) is 0 Å². The molecule has 2 aromatic heterocycles. The van der Waals surface area contributed by atoms with Gasteiger partial charge >= 0.3 is 0 Å². The minimum Gasteiger partial charge on any atom is -0.359 e. The van der Waals surface area contributed by atoms with E-state index in [9.17, 15) is 0 Å². The van der Waals surface area contributed by atoms with Crippen LogP contribution in [0.15, 0.2) is 41.1 Å². The topological polar surface area (TPSA) is 34.2 Å². The third-order valence-corrected chi connectivity index (χ3v) is 5.09. The molecule has 0 saturated carbocycles. The second-order valence-corrected chi connectivity index (χ2v) is 7.17. The third-order valence-electron chi connectivity index (χ3n) is 5.09. The minimum atomic E-state index is 0.354. The first-order valence-corrected chi connectivity index (χ1v) is 8.89. The molecule has 3 heterocycles. The second-order valence-electron chi connectivity index (χ2n) is 7.17. The Bertz CT molecular complexity index is 846. The largest absolute Gasteiger partial charge is 0.359 e. The van der Waals surface area contributed by atoms with Crippen molar-refractivity contribution in [3.8, 4) is 0 Å². The molecule has 4 nitrogen and oxygen atoms in total. The number of hydrogen-bond acceptors (Lipinski definition) is 3. The van der Waals surface area contributed by atoms with Gasteiger partial charge < -0.3 is 9.09 Å². The number of aromatic nitrogens is 2. The summed E-state index contributed by atoms with van der Waals surface area (Å²) in [5.74, 6) is 1.01. The molecule has 0 unspecified atom stereocenters. The Hall–Kier alpha value is -2.07. The van der Waals surface area contributed by atoms with Crippen LogP contribution in [-0.4, -0.2) is 21.2 Å². The Morgan fingerprint density at radius 2 is 2.12 bits per heavy atom. The van der Waals surface area contributed by atoms with Crippen molar-refractivity contribution in [1.29, 1.82) is 0 Å². The van der Waals surface area contributed by atoms with E-state index >= 15 is 0 Å². The van der Waals surface area contributed by atoms with Gasteiger partial charge in [0.15, 0.2) is 5.76 Å². The number of para-hydroxylation sites is 1. The fourth-order valence-electron chi connectivity index (χ4n) is 3.93. The Balaban J connectivity index is 1.66. The Morgan fingerprint density at radius 3 is 2.88 bits per heavy atom. The SMILES string of the molecule is Cc1cc([C@H]2CCCN2Cc2cn(C(C)C)c3ccccc23)on1. The van der Waals surface area contributed by atoms with E-state index < -0.39 is 0 Å². The molecule has 0 aliphatic carbocycles. The highest BCUT2D eigenvalue weighted by atomic mass is 16.5. The maximum absolute atomic E-state index is 5.55. The zero-order valence-electron chi connectivity index (χ0n) is 14.7. The summed E-state index contributed by atoms with van der Waals surface area (Å²) < 4.78 is 7.93. The summed E-state index contributed by atoms with van der Waals surface area (Å²) in [6, 6.07) is 11.6. The van der Waals surface area contributed by atoms with Crippen molar-refractivity contribution in [2.24, 2.45) is 0 Å². The van der Waals surface area contributed by atoms with E-state index in [2.05, 4.69) is 65.0 Å². The lowest BCUT2D eigenvalue weighted by molar-refractivity contribution is 0.207. The third kappa shape index (κ3) is 2.65. The van der Waals surface area contributed by atoms with Crippen LogP contribution in [0.1, 0.15) is 55.8 Å². The van der Waals surface area contributed by atoms with E-state index in [1.807, 2.05) is 6.92 Å². The van der Waals surface area contributed by atoms with Crippen LogP contribution >= 0.6 is 0 Å². The highest BCUT2D eigenvalue weighted by Gasteiger charge is 2.29. The molecule has 24 heavy (non-hydrogen) atoms. The molecule has 0 spiro atoms. The van der Waals surface area contributed by atoms with E-state index in [0.717, 1.165) is 31.0 Å². The molecule has 0 radical (unpaired) electrons. The van der Waals surface area contributed by atoms with Crippen molar-refractivity contribution in [3.05, 3.63) is 53.5 Å². The first-order valence-electron chi connectivity index (χ1n) is 8.89. The Kier molecular flexibility index (Phi) is 3.93. The van der Waals surface area contributed by atoms with Gasteiger partial charge in [0.25, 0.3) is 0 Å². The predicted octanol–water partition coefficient (Wildman–Crippen LogP) is 4.86. The van der Waals surface area contributed by atoms with Crippen LogP contribution in [0.25, 0.3) is 10.9 Å². The van der Waals surface area contributed by atoms with E-state index in [0.29, 0.717) is 12.1 Å². The normalized spacial score (nSPS) is 18.9. The van der Waals surface area contributed by atoms with Gasteiger partial charge in [-0.2, -0.15) is 0 Å². The van der Waals surface area contributed by atoms with Crippen LogP contribution in [-0.2, 0) is 6.54 Å². The van der Waals surface area contributed by atoms with Gasteiger partial charge in [0, 0.05) is 35.8 Å². The number of nitrogens with zero attached hydrogens (tertiary/aromatic N) is 3. The van der Waals surface area contributed by atoms with Crippen molar-refractivity contribution >= 4 is 10.9 Å². The Morgan fingerprint density at radius 1 is 1.29 bits per heavy atom. The van der Waals surface area contributed by atoms with Gasteiger partial charge in [-0.1, -0.05) is 23.4 Å². The molecule has 126 valence electrons. The van der Waals surface area contributed by atoms with Gasteiger partial charge in [-0.15, -0.1) is 0 Å². The predicted molar refractivity (Wildman–Crippen MR) is 95.9 cm³/mol. The average molecular weight is 323 g/mol. The molecule has 1 aliphatic heterocycles. The molecule has 0 bridgehead atoms. The van der Waals surface area contributed by atoms with Crippen molar-refractivity contribution < 1.29 is 4.52 Å². The van der Waals surface area contributed by atoms with E-state index in [1.165, 1.54) is 22.9 Å². The number of aryl methyl sites for hydroxylation is 1. The fraction of sp³-hybridized carbons (Fsp3) is 0.450. The van der Waals surface area contributed by atoms with Crippen molar-refractivity contribution in [1.82, 2.24) is 14.6 Å². The van der Waals surface area contributed by atoms with E-state index in [1.54, 1.807) is 0 Å². The van der Waals surface area contributed by atoms with Gasteiger partial charge in [-0.3, -0.25) is 4.90 Å². The lowest BCUT2D eigenvalue weighted by Crippen LogP contribution is -2.22. The van der Waals surface area contributed by atoms with Crippen LogP contribution in [0, 0.1) is 6.92 Å². The number of benzene rings is 1. The van der Waals surface area contributed by atoms with Gasteiger partial charge in [-0.05, 0) is 51.8 Å². The molecular weight excluding hydrogens is 298 g/mol. The standard InChI is InChI=1S/C20H25N3O/c1-14(2)23-13-16(17-7-4-5-8-18(17)23)12-22-10-6-9-19(22)20-11-15(3)21-24-20/h4-5,7-8,11,13-14,19H,6,9-10,12H2,1-3H3/t19-/m1/s1. The molecule has 3 aromatic rings. The molecule has 4 heteroatoms. The van der Waals surface area contributed by atoms with E-state index in [4.69, 9.17) is 4.52 Å². The number of fused-ring (bicyclic) bond motifs is 1. The summed E-state index contributed by atoms with van der Waals surface area (Å²) in [5, 5.41) is 5.44. The maximum Gasteiger partial charge on any atom is 0.154 e. The first-order chi connectivity index (χ1) is 11.6. The van der Waals surface area contributed by atoms with Crippen LogP contribution < -0.4 is 0 Å². The number of likely N-dealkylation sites (tertiary alicyclic amines) is 1. The molecule has 1 aliphatic rings. The highest BCUT2D eigenvalue weighted by Crippen LogP contribution is 2.35. The molecule has 1 saturated heterocycles. The minimum absolute atomic E-state index is 0.354. The van der Waals surface area contributed by atoms with Crippen molar-refractivity contribution in [2.75, 3.05) is 6.54 Å². The van der Waals surface area contributed by atoms with Gasteiger partial charge in [-0.25, -0.2) is 0 Å². The molecule has 1 atom stereocenters. The zero-order valence-corrected chi connectivity index (χ0v) is 14.7. The average Bonchev–Trinajstić information content (AvgIpc) is 3.27. The number of rotatable bonds is 4. The molecule has 1 aromatic carbocycles. The highest BCUT2D eigenvalue weighted by molar-refractivity contribution is 5.84. The van der Waals surface area contributed by atoms with Crippen LogP contribution in [0.4, 0.5) is 0 Å². The molecule has 1 fully saturated rings. The summed E-state index contributed by atoms with van der Waals surface area (Å²) in [4.78, 5) is 2.53. The second kappa shape index (κ2) is 6.10. The first kappa shape index (κ1) is 15.5. The molecule has 4 rings (SSSR count). The number of hydrogen-bond donors (Lipinski definition) is 0. The Labute approximate surface area is 143 Å². The molecular formula is C20H25N3O. The lowest BCUT2D eigenvalue weighted by atomic mass is 10.1. The summed E-state index contributed by atoms with van der Waals surface area (Å²) in [6.07, 6.45) is 4.70. The zero-order chi connectivity index (χ0) is 16.7. The maximum atomic E-state index is 5.55. The van der Waals surface area contributed by atoms with Crippen LogP contribution in [0.5, 0.6) is 0 Å². The smallest absolute Gasteiger partial charge is 0.154 e. The van der Waals surface area contributed by atoms with Crippen LogP contribution in [0.2, 0.25) is 0 Å². The fourth-order valence-corrected chi connectivity index (χ4v) is 3.93. The van der Waals surface area contributed by atoms with Gasteiger partial charge in [0.2, 0.25) is 0 Å². The summed E-state index contributed by atoms with van der Waals surface area (Å²) in [7, 11) is 0. The van der Waals surface area contributed by atoms with E-state index in [-0.39, 0.29) is 0 Å². The molecule has 0 N–H and O–H groups in total. The monoisotopic (exact) mass is 323 g/mol. The van der Waals surface area contributed by atoms with Crippen LogP contribution in [0.3, 0.4) is 0 Å². The summed E-state index contributed by atoms with van der Waals surface area (Å²) >= 11 is 0. The lowest BCUT2D eigenvalue weighted by Gasteiger charge is -2.22. The van der Waals surface area contributed by atoms with Gasteiger partial charge in [0.05, 0.1) is 11.7 Å².